The summed E-state index contributed by atoms with van der Waals surface area (Å²) < 4.78 is 4.98. The Morgan fingerprint density at radius 3 is 2.69 bits per heavy atom. The maximum Gasteiger partial charge on any atom is 0.179 e. The number of pyridine rings is 1. The van der Waals surface area contributed by atoms with Gasteiger partial charge in [0.2, 0.25) is 0 Å². The van der Waals surface area contributed by atoms with E-state index < -0.39 is 0 Å². The van der Waals surface area contributed by atoms with Crippen molar-refractivity contribution in [2.24, 2.45) is 0 Å². The van der Waals surface area contributed by atoms with Crippen LogP contribution in [0.4, 0.5) is 0 Å². The van der Waals surface area contributed by atoms with E-state index in [1.165, 1.54) is 13.3 Å². The van der Waals surface area contributed by atoms with Crippen LogP contribution < -0.4 is 4.74 Å². The first-order valence-electron chi connectivity index (χ1n) is 4.71. The molecule has 0 saturated carbocycles. The Morgan fingerprint density at radius 1 is 1.25 bits per heavy atom. The lowest BCUT2D eigenvalue weighted by molar-refractivity contribution is 0.411. The highest BCUT2D eigenvalue weighted by Crippen LogP contribution is 2.23. The van der Waals surface area contributed by atoms with Gasteiger partial charge in [-0.2, -0.15) is 0 Å². The van der Waals surface area contributed by atoms with Gasteiger partial charge in [-0.25, -0.2) is 15.0 Å². The summed E-state index contributed by atoms with van der Waals surface area (Å²) in [5.74, 6) is 0.951. The van der Waals surface area contributed by atoms with Crippen LogP contribution in [0.25, 0.3) is 11.5 Å². The van der Waals surface area contributed by atoms with Crippen LogP contribution >= 0.6 is 11.6 Å². The average molecular weight is 236 g/mol. The molecule has 0 aliphatic heterocycles. The maximum atomic E-state index is 5.92. The number of halogens is 1. The molecule has 0 aromatic carbocycles. The standard InChI is InChI=1S/C11H10ClN3O/c1-7-4-3-5-8(14-7)11-13-6-9(16-2)10(12)15-11/h3-6H,1-2H3. The number of methoxy groups -OCH3 is 1. The minimum Gasteiger partial charge on any atom is -0.492 e. The van der Waals surface area contributed by atoms with Crippen molar-refractivity contribution in [1.82, 2.24) is 15.0 Å². The van der Waals surface area contributed by atoms with Gasteiger partial charge in [0.1, 0.15) is 5.69 Å². The van der Waals surface area contributed by atoms with Crippen molar-refractivity contribution in [2.45, 2.75) is 6.92 Å². The van der Waals surface area contributed by atoms with Crippen LogP contribution in [0.3, 0.4) is 0 Å². The molecule has 5 heteroatoms. The molecule has 2 rings (SSSR count). The summed E-state index contributed by atoms with van der Waals surface area (Å²) in [4.78, 5) is 12.6. The van der Waals surface area contributed by atoms with Crippen molar-refractivity contribution in [1.29, 1.82) is 0 Å². The highest BCUT2D eigenvalue weighted by atomic mass is 35.5. The molecule has 0 amide bonds. The largest absolute Gasteiger partial charge is 0.492 e. The summed E-state index contributed by atoms with van der Waals surface area (Å²) >= 11 is 5.92. The zero-order chi connectivity index (χ0) is 11.5. The molecule has 16 heavy (non-hydrogen) atoms. The molecule has 2 aromatic heterocycles. The van der Waals surface area contributed by atoms with E-state index in [1.807, 2.05) is 25.1 Å². The molecule has 0 bridgehead atoms. The Labute approximate surface area is 98.3 Å². The highest BCUT2D eigenvalue weighted by molar-refractivity contribution is 6.30. The van der Waals surface area contributed by atoms with Gasteiger partial charge < -0.3 is 4.74 Å². The molecule has 0 unspecified atom stereocenters. The Hall–Kier alpha value is -1.68. The number of hydrogen-bond acceptors (Lipinski definition) is 4. The topological polar surface area (TPSA) is 47.9 Å². The Bertz CT molecular complexity index is 516. The molecule has 4 nitrogen and oxygen atoms in total. The van der Waals surface area contributed by atoms with Crippen LogP contribution in [0.15, 0.2) is 24.4 Å². The van der Waals surface area contributed by atoms with Gasteiger partial charge in [-0.1, -0.05) is 17.7 Å². The molecule has 0 spiro atoms. The molecule has 0 aliphatic rings. The molecular weight excluding hydrogens is 226 g/mol. The highest BCUT2D eigenvalue weighted by Gasteiger charge is 2.07. The summed E-state index contributed by atoms with van der Waals surface area (Å²) in [5.41, 5.74) is 1.61. The second-order valence-corrected chi connectivity index (χ2v) is 3.58. The van der Waals surface area contributed by atoms with Crippen LogP contribution in [0.2, 0.25) is 5.15 Å². The van der Waals surface area contributed by atoms with Crippen molar-refractivity contribution in [2.75, 3.05) is 7.11 Å². The molecule has 82 valence electrons. The molecule has 0 saturated heterocycles. The second-order valence-electron chi connectivity index (χ2n) is 3.22. The lowest BCUT2D eigenvalue weighted by Crippen LogP contribution is -1.95. The van der Waals surface area contributed by atoms with Gasteiger partial charge in [0.25, 0.3) is 0 Å². The van der Waals surface area contributed by atoms with E-state index in [9.17, 15) is 0 Å². The fraction of sp³-hybridized carbons (Fsp3) is 0.182. The summed E-state index contributed by atoms with van der Waals surface area (Å²) in [6.07, 6.45) is 1.54. The van der Waals surface area contributed by atoms with Crippen LogP contribution in [-0.2, 0) is 0 Å². The SMILES string of the molecule is COc1cnc(-c2cccc(C)n2)nc1Cl. The quantitative estimate of drug-likeness (QED) is 0.751. The summed E-state index contributed by atoms with van der Waals surface area (Å²) in [6.45, 7) is 1.91. The maximum absolute atomic E-state index is 5.92. The van der Waals surface area contributed by atoms with Gasteiger partial charge in [0.15, 0.2) is 16.7 Å². The zero-order valence-electron chi connectivity index (χ0n) is 8.94. The third-order valence-electron chi connectivity index (χ3n) is 2.05. The van der Waals surface area contributed by atoms with E-state index in [2.05, 4.69) is 15.0 Å². The lowest BCUT2D eigenvalue weighted by Gasteiger charge is -2.04. The minimum atomic E-state index is 0.288. The van der Waals surface area contributed by atoms with Crippen LogP contribution in [-0.4, -0.2) is 22.1 Å². The van der Waals surface area contributed by atoms with Crippen molar-refractivity contribution >= 4 is 11.6 Å². The number of aryl methyl sites for hydroxylation is 1. The van der Waals surface area contributed by atoms with Gasteiger partial charge in [-0.15, -0.1) is 0 Å². The van der Waals surface area contributed by atoms with Crippen molar-refractivity contribution in [3.8, 4) is 17.3 Å². The van der Waals surface area contributed by atoms with E-state index in [0.717, 1.165) is 5.69 Å². The predicted molar refractivity (Wildman–Crippen MR) is 61.6 cm³/mol. The number of rotatable bonds is 2. The molecule has 0 aliphatic carbocycles. The van der Waals surface area contributed by atoms with Crippen LogP contribution in [0.1, 0.15) is 5.69 Å². The van der Waals surface area contributed by atoms with Gasteiger partial charge in [-0.3, -0.25) is 0 Å². The molecule has 0 radical (unpaired) electrons. The first-order chi connectivity index (χ1) is 7.70. The number of nitrogens with zero attached hydrogens (tertiary/aromatic N) is 3. The van der Waals surface area contributed by atoms with E-state index in [1.54, 1.807) is 0 Å². The first-order valence-corrected chi connectivity index (χ1v) is 5.09. The lowest BCUT2D eigenvalue weighted by atomic mass is 10.3. The molecular formula is C11H10ClN3O. The van der Waals surface area contributed by atoms with Crippen LogP contribution in [0, 0.1) is 6.92 Å². The van der Waals surface area contributed by atoms with Crippen molar-refractivity contribution < 1.29 is 4.74 Å². The third kappa shape index (κ3) is 2.12. The average Bonchev–Trinajstić information content (AvgIpc) is 2.29. The molecule has 2 aromatic rings. The number of hydrogen-bond donors (Lipinski definition) is 0. The Balaban J connectivity index is 2.45. The van der Waals surface area contributed by atoms with Gasteiger partial charge in [0.05, 0.1) is 13.3 Å². The number of aromatic nitrogens is 3. The van der Waals surface area contributed by atoms with Gasteiger partial charge in [-0.05, 0) is 19.1 Å². The third-order valence-corrected chi connectivity index (χ3v) is 2.32. The Kier molecular flexibility index (Phi) is 3.01. The molecule has 0 atom stereocenters. The van der Waals surface area contributed by atoms with E-state index in [4.69, 9.17) is 16.3 Å². The van der Waals surface area contributed by atoms with E-state index in [0.29, 0.717) is 17.3 Å². The summed E-state index contributed by atoms with van der Waals surface area (Å²) in [6, 6.07) is 5.65. The molecule has 2 heterocycles. The normalized spacial score (nSPS) is 10.2. The van der Waals surface area contributed by atoms with Crippen molar-refractivity contribution in [3.05, 3.63) is 35.2 Å². The minimum absolute atomic E-state index is 0.288. The monoisotopic (exact) mass is 235 g/mol. The zero-order valence-corrected chi connectivity index (χ0v) is 9.69. The van der Waals surface area contributed by atoms with Crippen LogP contribution in [0.5, 0.6) is 5.75 Å². The molecule has 0 N–H and O–H groups in total. The predicted octanol–water partition coefficient (Wildman–Crippen LogP) is 2.51. The first kappa shape index (κ1) is 10.8. The molecule has 0 fully saturated rings. The van der Waals surface area contributed by atoms with E-state index in [-0.39, 0.29) is 5.15 Å². The number of ether oxygens (including phenoxy) is 1. The summed E-state index contributed by atoms with van der Waals surface area (Å²) in [7, 11) is 1.52. The smallest absolute Gasteiger partial charge is 0.179 e. The van der Waals surface area contributed by atoms with Gasteiger partial charge >= 0.3 is 0 Å². The fourth-order valence-corrected chi connectivity index (χ4v) is 1.48. The second kappa shape index (κ2) is 4.45. The van der Waals surface area contributed by atoms with Gasteiger partial charge in [0, 0.05) is 5.69 Å². The summed E-state index contributed by atoms with van der Waals surface area (Å²) in [5, 5.41) is 0.288. The van der Waals surface area contributed by atoms with Crippen molar-refractivity contribution in [3.63, 3.8) is 0 Å². The van der Waals surface area contributed by atoms with E-state index >= 15 is 0 Å². The Morgan fingerprint density at radius 2 is 2.06 bits per heavy atom. The fourth-order valence-electron chi connectivity index (χ4n) is 1.28.